The number of piperidine rings is 1. The summed E-state index contributed by atoms with van der Waals surface area (Å²) in [5.74, 6) is 1.61. The molecule has 0 amide bonds. The largest absolute Gasteiger partial charge is 0.317 e. The monoisotopic (exact) mass is 274 g/mol. The lowest BCUT2D eigenvalue weighted by Crippen LogP contribution is -2.31. The standard InChI is InChI=1S/C18H30N2/c1-16(18-6-4-3-5-7-18)8-12-19-13-9-17-10-14-20(2)15-11-17/h3-7,16-17,19H,8-15H2,1-2H3. The van der Waals surface area contributed by atoms with Gasteiger partial charge >= 0.3 is 0 Å². The van der Waals surface area contributed by atoms with E-state index < -0.39 is 0 Å². The topological polar surface area (TPSA) is 15.3 Å². The molecule has 0 aliphatic carbocycles. The zero-order valence-corrected chi connectivity index (χ0v) is 13.1. The number of rotatable bonds is 7. The summed E-state index contributed by atoms with van der Waals surface area (Å²) in [5, 5.41) is 3.63. The van der Waals surface area contributed by atoms with Gasteiger partial charge in [0.15, 0.2) is 0 Å². The van der Waals surface area contributed by atoms with Crippen LogP contribution in [0.3, 0.4) is 0 Å². The number of nitrogens with zero attached hydrogens (tertiary/aromatic N) is 1. The molecule has 2 heteroatoms. The van der Waals surface area contributed by atoms with E-state index in [1.807, 2.05) is 0 Å². The van der Waals surface area contributed by atoms with Crippen LogP contribution in [0.2, 0.25) is 0 Å². The van der Waals surface area contributed by atoms with Crippen LogP contribution in [0.4, 0.5) is 0 Å². The highest BCUT2D eigenvalue weighted by atomic mass is 15.1. The van der Waals surface area contributed by atoms with Gasteiger partial charge in [-0.25, -0.2) is 0 Å². The first-order chi connectivity index (χ1) is 9.75. The fourth-order valence-electron chi connectivity index (χ4n) is 3.05. The molecule has 0 spiro atoms. The first-order valence-corrected chi connectivity index (χ1v) is 8.20. The van der Waals surface area contributed by atoms with Crippen LogP contribution in [0.15, 0.2) is 30.3 Å². The summed E-state index contributed by atoms with van der Waals surface area (Å²) >= 11 is 0. The minimum Gasteiger partial charge on any atom is -0.317 e. The molecule has 112 valence electrons. The molecule has 2 rings (SSSR count). The molecule has 0 radical (unpaired) electrons. The highest BCUT2D eigenvalue weighted by molar-refractivity contribution is 5.18. The summed E-state index contributed by atoms with van der Waals surface area (Å²) in [6.07, 6.45) is 5.36. The average molecular weight is 274 g/mol. The number of hydrogen-bond acceptors (Lipinski definition) is 2. The third-order valence-electron chi connectivity index (χ3n) is 4.69. The Morgan fingerprint density at radius 1 is 1.15 bits per heavy atom. The van der Waals surface area contributed by atoms with Gasteiger partial charge in [-0.1, -0.05) is 37.3 Å². The first kappa shape index (κ1) is 15.5. The predicted octanol–water partition coefficient (Wildman–Crippen LogP) is 3.50. The quantitative estimate of drug-likeness (QED) is 0.766. The third-order valence-corrected chi connectivity index (χ3v) is 4.69. The van der Waals surface area contributed by atoms with Crippen LogP contribution in [0.25, 0.3) is 0 Å². The fraction of sp³-hybridized carbons (Fsp3) is 0.667. The van der Waals surface area contributed by atoms with Crippen molar-refractivity contribution in [2.45, 2.75) is 38.5 Å². The van der Waals surface area contributed by atoms with Crippen LogP contribution in [-0.4, -0.2) is 38.1 Å². The second-order valence-corrected chi connectivity index (χ2v) is 6.39. The van der Waals surface area contributed by atoms with E-state index in [-0.39, 0.29) is 0 Å². The van der Waals surface area contributed by atoms with Gasteiger partial charge in [-0.2, -0.15) is 0 Å². The van der Waals surface area contributed by atoms with Crippen LogP contribution in [0, 0.1) is 5.92 Å². The molecule has 1 fully saturated rings. The molecular weight excluding hydrogens is 244 g/mol. The van der Waals surface area contributed by atoms with E-state index >= 15 is 0 Å². The molecule has 1 aromatic rings. The van der Waals surface area contributed by atoms with Gasteiger partial charge < -0.3 is 10.2 Å². The Labute approximate surface area is 124 Å². The van der Waals surface area contributed by atoms with Crippen LogP contribution in [-0.2, 0) is 0 Å². The van der Waals surface area contributed by atoms with Crippen LogP contribution in [0.5, 0.6) is 0 Å². The second kappa shape index (κ2) is 8.43. The highest BCUT2D eigenvalue weighted by Gasteiger charge is 2.15. The van der Waals surface area contributed by atoms with Crippen molar-refractivity contribution >= 4 is 0 Å². The van der Waals surface area contributed by atoms with E-state index in [0.29, 0.717) is 5.92 Å². The zero-order valence-electron chi connectivity index (χ0n) is 13.1. The Hall–Kier alpha value is -0.860. The molecule has 20 heavy (non-hydrogen) atoms. The molecule has 1 unspecified atom stereocenters. The van der Waals surface area contributed by atoms with Gasteiger partial charge in [0.25, 0.3) is 0 Å². The van der Waals surface area contributed by atoms with Crippen molar-refractivity contribution in [2.24, 2.45) is 5.92 Å². The number of benzene rings is 1. The highest BCUT2D eigenvalue weighted by Crippen LogP contribution is 2.19. The Kier molecular flexibility index (Phi) is 6.55. The summed E-state index contributed by atoms with van der Waals surface area (Å²) in [5.41, 5.74) is 1.46. The lowest BCUT2D eigenvalue weighted by molar-refractivity contribution is 0.211. The van der Waals surface area contributed by atoms with Gasteiger partial charge in [0.2, 0.25) is 0 Å². The molecule has 1 aliphatic rings. The minimum absolute atomic E-state index is 0.659. The van der Waals surface area contributed by atoms with Crippen molar-refractivity contribution in [3.05, 3.63) is 35.9 Å². The van der Waals surface area contributed by atoms with E-state index in [1.165, 1.54) is 50.9 Å². The number of nitrogens with one attached hydrogen (secondary N) is 1. The van der Waals surface area contributed by atoms with Gasteiger partial charge in [-0.05, 0) is 76.3 Å². The molecule has 1 N–H and O–H groups in total. The minimum atomic E-state index is 0.659. The zero-order chi connectivity index (χ0) is 14.2. The van der Waals surface area contributed by atoms with E-state index in [9.17, 15) is 0 Å². The van der Waals surface area contributed by atoms with Crippen LogP contribution >= 0.6 is 0 Å². The van der Waals surface area contributed by atoms with E-state index in [2.05, 4.69) is 54.5 Å². The van der Waals surface area contributed by atoms with Gasteiger partial charge in [0.05, 0.1) is 0 Å². The lowest BCUT2D eigenvalue weighted by atomic mass is 9.94. The van der Waals surface area contributed by atoms with Crippen molar-refractivity contribution < 1.29 is 0 Å². The van der Waals surface area contributed by atoms with Gasteiger partial charge in [-0.15, -0.1) is 0 Å². The lowest BCUT2D eigenvalue weighted by Gasteiger charge is -2.28. The Bertz CT molecular complexity index is 355. The molecule has 1 heterocycles. The summed E-state index contributed by atoms with van der Waals surface area (Å²) in [7, 11) is 2.24. The van der Waals surface area contributed by atoms with Crippen molar-refractivity contribution in [1.29, 1.82) is 0 Å². The third kappa shape index (κ3) is 5.26. The van der Waals surface area contributed by atoms with Crippen molar-refractivity contribution in [3.8, 4) is 0 Å². The smallest absolute Gasteiger partial charge is 0.00191 e. The molecule has 1 aliphatic heterocycles. The molecule has 0 saturated carbocycles. The molecule has 2 nitrogen and oxygen atoms in total. The van der Waals surface area contributed by atoms with E-state index in [1.54, 1.807) is 0 Å². The molecule has 0 aromatic heterocycles. The van der Waals surface area contributed by atoms with Gasteiger partial charge in [0.1, 0.15) is 0 Å². The Balaban J connectivity index is 1.53. The Morgan fingerprint density at radius 3 is 2.55 bits per heavy atom. The second-order valence-electron chi connectivity index (χ2n) is 6.39. The average Bonchev–Trinajstić information content (AvgIpc) is 2.49. The maximum Gasteiger partial charge on any atom is -0.00191 e. The van der Waals surface area contributed by atoms with E-state index in [0.717, 1.165) is 12.5 Å². The molecule has 1 saturated heterocycles. The summed E-state index contributed by atoms with van der Waals surface area (Å²) in [6, 6.07) is 10.8. The maximum atomic E-state index is 3.63. The first-order valence-electron chi connectivity index (χ1n) is 8.20. The normalized spacial score (nSPS) is 19.1. The maximum absolute atomic E-state index is 3.63. The molecule has 0 bridgehead atoms. The fourth-order valence-corrected chi connectivity index (χ4v) is 3.05. The SMILES string of the molecule is CC(CCNCCC1CCN(C)CC1)c1ccccc1. The van der Waals surface area contributed by atoms with Gasteiger partial charge in [0, 0.05) is 0 Å². The van der Waals surface area contributed by atoms with Crippen molar-refractivity contribution in [2.75, 3.05) is 33.2 Å². The summed E-state index contributed by atoms with van der Waals surface area (Å²) in [4.78, 5) is 2.45. The predicted molar refractivity (Wildman–Crippen MR) is 87.2 cm³/mol. The van der Waals surface area contributed by atoms with Crippen LogP contribution in [0.1, 0.15) is 44.1 Å². The Morgan fingerprint density at radius 2 is 1.85 bits per heavy atom. The van der Waals surface area contributed by atoms with E-state index in [4.69, 9.17) is 0 Å². The number of likely N-dealkylation sites (tertiary alicyclic amines) is 1. The van der Waals surface area contributed by atoms with Gasteiger partial charge in [-0.3, -0.25) is 0 Å². The van der Waals surface area contributed by atoms with Crippen LogP contribution < -0.4 is 5.32 Å². The summed E-state index contributed by atoms with van der Waals surface area (Å²) < 4.78 is 0. The molecule has 1 atom stereocenters. The van der Waals surface area contributed by atoms with Crippen molar-refractivity contribution in [1.82, 2.24) is 10.2 Å². The number of hydrogen-bond donors (Lipinski definition) is 1. The molecule has 1 aromatic carbocycles. The summed E-state index contributed by atoms with van der Waals surface area (Å²) in [6.45, 7) is 7.23. The van der Waals surface area contributed by atoms with Crippen molar-refractivity contribution in [3.63, 3.8) is 0 Å². The molecular formula is C18H30N2.